The third-order valence-electron chi connectivity index (χ3n) is 3.06. The Balaban J connectivity index is 2.53. The second-order valence-corrected chi connectivity index (χ2v) is 4.83. The van der Waals surface area contributed by atoms with Gasteiger partial charge in [-0.25, -0.2) is 0 Å². The zero-order valence-electron chi connectivity index (χ0n) is 9.67. The van der Waals surface area contributed by atoms with Crippen molar-refractivity contribution in [1.82, 2.24) is 4.90 Å². The van der Waals surface area contributed by atoms with Crippen LogP contribution in [0.4, 0.5) is 0 Å². The Morgan fingerprint density at radius 3 is 2.71 bits per heavy atom. The van der Waals surface area contributed by atoms with Gasteiger partial charge in [-0.15, -0.1) is 0 Å². The van der Waals surface area contributed by atoms with E-state index in [0.29, 0.717) is 6.04 Å². The van der Waals surface area contributed by atoms with E-state index in [9.17, 15) is 4.79 Å². The first-order chi connectivity index (χ1) is 6.43. The van der Waals surface area contributed by atoms with Gasteiger partial charge in [-0.2, -0.15) is 0 Å². The van der Waals surface area contributed by atoms with Gasteiger partial charge in [-0.3, -0.25) is 9.69 Å². The fourth-order valence-corrected chi connectivity index (χ4v) is 1.62. The van der Waals surface area contributed by atoms with E-state index in [4.69, 9.17) is 4.74 Å². The van der Waals surface area contributed by atoms with Crippen LogP contribution in [-0.2, 0) is 9.53 Å². The van der Waals surface area contributed by atoms with Crippen LogP contribution < -0.4 is 0 Å². The summed E-state index contributed by atoms with van der Waals surface area (Å²) in [5.74, 6) is 0.260. The molecule has 0 amide bonds. The number of carbonyl (C=O) groups is 1. The lowest BCUT2D eigenvalue weighted by atomic mass is 9.88. The molecule has 82 valence electrons. The number of hydrogen-bond donors (Lipinski definition) is 0. The largest absolute Gasteiger partial charge is 0.379 e. The Bertz CT molecular complexity index is 213. The molecule has 14 heavy (non-hydrogen) atoms. The molecule has 3 nitrogen and oxygen atoms in total. The average molecular weight is 199 g/mol. The van der Waals surface area contributed by atoms with E-state index < -0.39 is 0 Å². The summed E-state index contributed by atoms with van der Waals surface area (Å²) in [6, 6.07) is 0.433. The van der Waals surface area contributed by atoms with E-state index in [1.165, 1.54) is 0 Å². The fraction of sp³-hybridized carbons (Fsp3) is 0.909. The Morgan fingerprint density at radius 1 is 1.57 bits per heavy atom. The van der Waals surface area contributed by atoms with E-state index >= 15 is 0 Å². The molecule has 1 unspecified atom stereocenters. The molecule has 1 aliphatic heterocycles. The van der Waals surface area contributed by atoms with E-state index in [2.05, 4.69) is 11.8 Å². The molecular weight excluding hydrogens is 178 g/mol. The van der Waals surface area contributed by atoms with Crippen LogP contribution in [0.25, 0.3) is 0 Å². The van der Waals surface area contributed by atoms with Gasteiger partial charge in [0.2, 0.25) is 0 Å². The minimum Gasteiger partial charge on any atom is -0.379 e. The van der Waals surface area contributed by atoms with Crippen molar-refractivity contribution in [2.45, 2.75) is 33.7 Å². The lowest BCUT2D eigenvalue weighted by Gasteiger charge is -2.37. The van der Waals surface area contributed by atoms with Crippen molar-refractivity contribution >= 4 is 5.78 Å². The van der Waals surface area contributed by atoms with E-state index in [1.54, 1.807) is 6.92 Å². The van der Waals surface area contributed by atoms with Gasteiger partial charge >= 0.3 is 0 Å². The van der Waals surface area contributed by atoms with Crippen LogP contribution in [-0.4, -0.2) is 43.0 Å². The monoisotopic (exact) mass is 199 g/mol. The van der Waals surface area contributed by atoms with Gasteiger partial charge < -0.3 is 4.74 Å². The maximum Gasteiger partial charge on any atom is 0.136 e. The minimum absolute atomic E-state index is 0.231. The highest BCUT2D eigenvalue weighted by molar-refractivity contribution is 5.81. The first-order valence-corrected chi connectivity index (χ1v) is 5.26. The molecule has 3 heteroatoms. The fourth-order valence-electron chi connectivity index (χ4n) is 1.62. The first-order valence-electron chi connectivity index (χ1n) is 5.26. The van der Waals surface area contributed by atoms with E-state index in [0.717, 1.165) is 26.3 Å². The van der Waals surface area contributed by atoms with Crippen LogP contribution in [0, 0.1) is 5.41 Å². The molecule has 1 heterocycles. The molecule has 1 rings (SSSR count). The number of morpholine rings is 1. The van der Waals surface area contributed by atoms with Crippen molar-refractivity contribution in [3.05, 3.63) is 0 Å². The van der Waals surface area contributed by atoms with Gasteiger partial charge in [0.05, 0.1) is 13.2 Å². The summed E-state index contributed by atoms with van der Waals surface area (Å²) in [4.78, 5) is 13.7. The average Bonchev–Trinajstić information content (AvgIpc) is 2.08. The van der Waals surface area contributed by atoms with Crippen molar-refractivity contribution in [2.75, 3.05) is 26.3 Å². The normalized spacial score (nSPS) is 25.0. The summed E-state index contributed by atoms with van der Waals surface area (Å²) in [5.41, 5.74) is -0.231. The molecule has 1 aliphatic rings. The van der Waals surface area contributed by atoms with E-state index in [-0.39, 0.29) is 11.2 Å². The van der Waals surface area contributed by atoms with Crippen molar-refractivity contribution < 1.29 is 9.53 Å². The number of rotatable bonds is 3. The predicted molar refractivity (Wildman–Crippen MR) is 56.3 cm³/mol. The van der Waals surface area contributed by atoms with Gasteiger partial charge in [0.1, 0.15) is 5.78 Å². The molecule has 0 aliphatic carbocycles. The number of Topliss-reactive ketones (excluding diaryl/α,β-unsaturated/α-hetero) is 1. The van der Waals surface area contributed by atoms with Gasteiger partial charge in [-0.05, 0) is 13.8 Å². The molecule has 0 bridgehead atoms. The molecule has 0 spiro atoms. The Hall–Kier alpha value is -0.410. The lowest BCUT2D eigenvalue weighted by Crippen LogP contribution is -2.49. The van der Waals surface area contributed by atoms with Gasteiger partial charge in [-0.1, -0.05) is 13.8 Å². The molecular formula is C11H21NO2. The maximum absolute atomic E-state index is 11.4. The van der Waals surface area contributed by atoms with Gasteiger partial charge in [0.15, 0.2) is 0 Å². The molecule has 0 radical (unpaired) electrons. The quantitative estimate of drug-likeness (QED) is 0.686. The van der Waals surface area contributed by atoms with Crippen molar-refractivity contribution in [1.29, 1.82) is 0 Å². The summed E-state index contributed by atoms with van der Waals surface area (Å²) < 4.78 is 5.36. The SMILES string of the molecule is CC(=O)C(C)(C)CN1CCOCC1C. The predicted octanol–water partition coefficient (Wildman–Crippen LogP) is 1.32. The van der Waals surface area contributed by atoms with Crippen molar-refractivity contribution in [2.24, 2.45) is 5.41 Å². The number of hydrogen-bond acceptors (Lipinski definition) is 3. The van der Waals surface area contributed by atoms with Crippen LogP contribution in [0.5, 0.6) is 0 Å². The van der Waals surface area contributed by atoms with Gasteiger partial charge in [0.25, 0.3) is 0 Å². The third-order valence-corrected chi connectivity index (χ3v) is 3.06. The summed E-state index contributed by atoms with van der Waals surface area (Å²) in [6.45, 7) is 11.2. The Labute approximate surface area is 86.4 Å². The topological polar surface area (TPSA) is 29.5 Å². The zero-order chi connectivity index (χ0) is 10.8. The summed E-state index contributed by atoms with van der Waals surface area (Å²) in [7, 11) is 0. The number of ketones is 1. The summed E-state index contributed by atoms with van der Waals surface area (Å²) >= 11 is 0. The van der Waals surface area contributed by atoms with Crippen LogP contribution in [0.15, 0.2) is 0 Å². The minimum atomic E-state index is -0.231. The molecule has 1 atom stereocenters. The molecule has 0 aromatic carbocycles. The number of nitrogens with zero attached hydrogens (tertiary/aromatic N) is 1. The molecule has 1 saturated heterocycles. The summed E-state index contributed by atoms with van der Waals surface area (Å²) in [5, 5.41) is 0. The van der Waals surface area contributed by atoms with Crippen LogP contribution in [0.1, 0.15) is 27.7 Å². The van der Waals surface area contributed by atoms with Crippen LogP contribution >= 0.6 is 0 Å². The first kappa shape index (κ1) is 11.7. The number of ether oxygens (including phenoxy) is 1. The second-order valence-electron chi connectivity index (χ2n) is 4.83. The zero-order valence-corrected chi connectivity index (χ0v) is 9.67. The molecule has 0 aromatic heterocycles. The Kier molecular flexibility index (Phi) is 3.67. The lowest BCUT2D eigenvalue weighted by molar-refractivity contribution is -0.127. The van der Waals surface area contributed by atoms with Crippen LogP contribution in [0.2, 0.25) is 0 Å². The standard InChI is InChI=1S/C11H21NO2/c1-9-7-14-6-5-12(9)8-11(3,4)10(2)13/h9H,5-8H2,1-4H3. The highest BCUT2D eigenvalue weighted by Gasteiger charge is 2.29. The molecule has 0 aromatic rings. The molecule has 1 fully saturated rings. The van der Waals surface area contributed by atoms with Crippen LogP contribution in [0.3, 0.4) is 0 Å². The second kappa shape index (κ2) is 4.41. The van der Waals surface area contributed by atoms with Crippen molar-refractivity contribution in [3.63, 3.8) is 0 Å². The highest BCUT2D eigenvalue weighted by Crippen LogP contribution is 2.20. The Morgan fingerprint density at radius 2 is 2.21 bits per heavy atom. The highest BCUT2D eigenvalue weighted by atomic mass is 16.5. The van der Waals surface area contributed by atoms with Gasteiger partial charge in [0, 0.05) is 24.5 Å². The summed E-state index contributed by atoms with van der Waals surface area (Å²) in [6.07, 6.45) is 0. The third kappa shape index (κ3) is 2.79. The maximum atomic E-state index is 11.4. The molecule has 0 N–H and O–H groups in total. The van der Waals surface area contributed by atoms with Crippen molar-refractivity contribution in [3.8, 4) is 0 Å². The smallest absolute Gasteiger partial charge is 0.136 e. The van der Waals surface area contributed by atoms with E-state index in [1.807, 2.05) is 13.8 Å². The molecule has 0 saturated carbocycles. The number of carbonyl (C=O) groups excluding carboxylic acids is 1.